The molecule has 0 amide bonds. The first-order valence-corrected chi connectivity index (χ1v) is 8.54. The highest BCUT2D eigenvalue weighted by atomic mass is 35.5. The molecule has 2 saturated heterocycles. The van der Waals surface area contributed by atoms with Gasteiger partial charge in [0.25, 0.3) is 0 Å². The van der Waals surface area contributed by atoms with Crippen LogP contribution in [-0.2, 0) is 6.54 Å². The van der Waals surface area contributed by atoms with Crippen LogP contribution >= 0.6 is 22.9 Å². The fourth-order valence-electron chi connectivity index (χ4n) is 3.60. The number of thiophene rings is 1. The minimum atomic E-state index is 0.632. The van der Waals surface area contributed by atoms with Crippen LogP contribution in [0.3, 0.4) is 0 Å². The van der Waals surface area contributed by atoms with Gasteiger partial charge in [0, 0.05) is 42.4 Å². The third-order valence-electron chi connectivity index (χ3n) is 4.57. The predicted octanol–water partition coefficient (Wildman–Crippen LogP) is 3.45. The van der Waals surface area contributed by atoms with Crippen LogP contribution in [0.2, 0.25) is 5.02 Å². The summed E-state index contributed by atoms with van der Waals surface area (Å²) in [6.07, 6.45) is 1.27. The van der Waals surface area contributed by atoms with Crippen molar-refractivity contribution in [3.8, 4) is 0 Å². The van der Waals surface area contributed by atoms with Crippen LogP contribution in [0.25, 0.3) is 0 Å². The van der Waals surface area contributed by atoms with E-state index in [-0.39, 0.29) is 0 Å². The number of hydrogen-bond donors (Lipinski definition) is 1. The Labute approximate surface area is 133 Å². The molecular weight excluding hydrogens is 302 g/mol. The van der Waals surface area contributed by atoms with Gasteiger partial charge < -0.3 is 10.6 Å². The number of nitrogen functional groups attached to an aromatic ring is 1. The SMILES string of the molecule is Nc1cc(CN2CC3CC2CN3c2ccc(Cl)cc2)cs1. The van der Waals surface area contributed by atoms with Crippen LogP contribution < -0.4 is 10.6 Å². The molecule has 2 fully saturated rings. The highest BCUT2D eigenvalue weighted by Gasteiger charge is 2.43. The third-order valence-corrected chi connectivity index (χ3v) is 5.63. The van der Waals surface area contributed by atoms with E-state index in [0.717, 1.165) is 29.7 Å². The van der Waals surface area contributed by atoms with Crippen LogP contribution in [0.4, 0.5) is 10.7 Å². The van der Waals surface area contributed by atoms with Crippen molar-refractivity contribution in [2.24, 2.45) is 0 Å². The van der Waals surface area contributed by atoms with Gasteiger partial charge in [-0.25, -0.2) is 0 Å². The van der Waals surface area contributed by atoms with Crippen molar-refractivity contribution in [2.45, 2.75) is 25.0 Å². The van der Waals surface area contributed by atoms with Gasteiger partial charge in [-0.3, -0.25) is 4.90 Å². The molecule has 5 heteroatoms. The molecule has 2 unspecified atom stereocenters. The summed E-state index contributed by atoms with van der Waals surface area (Å²) in [6.45, 7) is 3.29. The Hall–Kier alpha value is -1.23. The minimum absolute atomic E-state index is 0.632. The van der Waals surface area contributed by atoms with Gasteiger partial charge >= 0.3 is 0 Å². The number of hydrogen-bond acceptors (Lipinski definition) is 4. The molecule has 2 bridgehead atoms. The molecule has 3 nitrogen and oxygen atoms in total. The monoisotopic (exact) mass is 319 g/mol. The maximum atomic E-state index is 5.98. The Morgan fingerprint density at radius 1 is 1.19 bits per heavy atom. The van der Waals surface area contributed by atoms with Crippen LogP contribution in [0.1, 0.15) is 12.0 Å². The molecule has 0 saturated carbocycles. The Morgan fingerprint density at radius 3 is 2.62 bits per heavy atom. The van der Waals surface area contributed by atoms with Crippen LogP contribution in [0, 0.1) is 0 Å². The summed E-state index contributed by atoms with van der Waals surface area (Å²) in [5.41, 5.74) is 8.47. The molecule has 3 heterocycles. The lowest BCUT2D eigenvalue weighted by molar-refractivity contribution is 0.231. The zero-order valence-electron chi connectivity index (χ0n) is 11.7. The first-order chi connectivity index (χ1) is 10.2. The molecule has 1 aromatic carbocycles. The summed E-state index contributed by atoms with van der Waals surface area (Å²) in [5, 5.41) is 3.90. The maximum absolute atomic E-state index is 5.98. The predicted molar refractivity (Wildman–Crippen MR) is 90.1 cm³/mol. The second-order valence-electron chi connectivity index (χ2n) is 5.96. The first-order valence-electron chi connectivity index (χ1n) is 7.28. The molecule has 4 rings (SSSR count). The molecule has 110 valence electrons. The normalized spacial score (nSPS) is 24.9. The van der Waals surface area contributed by atoms with Crippen molar-refractivity contribution in [3.63, 3.8) is 0 Å². The lowest BCUT2D eigenvalue weighted by Crippen LogP contribution is -2.45. The summed E-state index contributed by atoms with van der Waals surface area (Å²) in [7, 11) is 0. The van der Waals surface area contributed by atoms with E-state index in [2.05, 4.69) is 33.4 Å². The summed E-state index contributed by atoms with van der Waals surface area (Å²) in [6, 6.07) is 11.6. The molecule has 2 aliphatic heterocycles. The van der Waals surface area contributed by atoms with Gasteiger partial charge in [-0.1, -0.05) is 11.6 Å². The first kappa shape index (κ1) is 13.4. The second-order valence-corrected chi connectivity index (χ2v) is 7.34. The molecule has 2 aromatic rings. The van der Waals surface area contributed by atoms with E-state index < -0.39 is 0 Å². The number of piperazine rings is 1. The lowest BCUT2D eigenvalue weighted by atomic mass is 10.2. The number of likely N-dealkylation sites (tertiary alicyclic amines) is 1. The van der Waals surface area contributed by atoms with E-state index >= 15 is 0 Å². The molecule has 2 atom stereocenters. The van der Waals surface area contributed by atoms with Crippen molar-refractivity contribution in [2.75, 3.05) is 23.7 Å². The number of fused-ring (bicyclic) bond motifs is 2. The van der Waals surface area contributed by atoms with Crippen LogP contribution in [0.15, 0.2) is 35.7 Å². The van der Waals surface area contributed by atoms with E-state index in [1.165, 1.54) is 17.7 Å². The smallest absolute Gasteiger partial charge is 0.0859 e. The standard InChI is InChI=1S/C16H18ClN3S/c17-12-1-3-13(4-2-12)20-9-14-6-15(20)8-19(14)7-11-5-16(18)21-10-11/h1-5,10,14-15H,6-9,18H2. The van der Waals surface area contributed by atoms with E-state index in [9.17, 15) is 0 Å². The lowest BCUT2D eigenvalue weighted by Gasteiger charge is -2.35. The van der Waals surface area contributed by atoms with E-state index in [4.69, 9.17) is 17.3 Å². The molecule has 2 N–H and O–H groups in total. The highest BCUT2D eigenvalue weighted by Crippen LogP contribution is 2.36. The van der Waals surface area contributed by atoms with Gasteiger partial charge in [0.2, 0.25) is 0 Å². The van der Waals surface area contributed by atoms with Gasteiger partial charge in [-0.2, -0.15) is 0 Å². The fourth-order valence-corrected chi connectivity index (χ4v) is 4.38. The van der Waals surface area contributed by atoms with Gasteiger partial charge in [-0.05, 0) is 47.7 Å². The molecular formula is C16H18ClN3S. The number of nitrogens with two attached hydrogens (primary N) is 1. The Balaban J connectivity index is 1.44. The number of benzene rings is 1. The highest BCUT2D eigenvalue weighted by molar-refractivity contribution is 7.14. The summed E-state index contributed by atoms with van der Waals surface area (Å²) in [5.74, 6) is 0. The quantitative estimate of drug-likeness (QED) is 0.940. The molecule has 0 aliphatic carbocycles. The van der Waals surface area contributed by atoms with Crippen molar-refractivity contribution >= 4 is 33.6 Å². The van der Waals surface area contributed by atoms with Gasteiger partial charge in [0.1, 0.15) is 0 Å². The molecule has 0 radical (unpaired) electrons. The van der Waals surface area contributed by atoms with Crippen molar-refractivity contribution in [1.82, 2.24) is 4.90 Å². The number of halogens is 1. The maximum Gasteiger partial charge on any atom is 0.0859 e. The van der Waals surface area contributed by atoms with Crippen molar-refractivity contribution < 1.29 is 0 Å². The Bertz CT molecular complexity index is 639. The van der Waals surface area contributed by atoms with Gasteiger partial charge in [0.05, 0.1) is 5.00 Å². The zero-order chi connectivity index (χ0) is 14.4. The van der Waals surface area contributed by atoms with Crippen molar-refractivity contribution in [1.29, 1.82) is 0 Å². The Kier molecular flexibility index (Phi) is 3.32. The second kappa shape index (κ2) is 5.20. The van der Waals surface area contributed by atoms with Crippen molar-refractivity contribution in [3.05, 3.63) is 46.3 Å². The van der Waals surface area contributed by atoms with Gasteiger partial charge in [-0.15, -0.1) is 11.3 Å². The van der Waals surface area contributed by atoms with Crippen LogP contribution in [-0.4, -0.2) is 30.1 Å². The molecule has 21 heavy (non-hydrogen) atoms. The Morgan fingerprint density at radius 2 is 2.00 bits per heavy atom. The number of nitrogens with zero attached hydrogens (tertiary/aromatic N) is 2. The molecule has 0 spiro atoms. The zero-order valence-corrected chi connectivity index (χ0v) is 13.3. The third kappa shape index (κ3) is 2.52. The minimum Gasteiger partial charge on any atom is -0.391 e. The molecule has 1 aromatic heterocycles. The van der Waals surface area contributed by atoms with Crippen LogP contribution in [0.5, 0.6) is 0 Å². The van der Waals surface area contributed by atoms with E-state index in [1.54, 1.807) is 11.3 Å². The van der Waals surface area contributed by atoms with Gasteiger partial charge in [0.15, 0.2) is 0 Å². The average molecular weight is 320 g/mol. The number of rotatable bonds is 3. The summed E-state index contributed by atoms with van der Waals surface area (Å²) >= 11 is 7.61. The fraction of sp³-hybridized carbons (Fsp3) is 0.375. The summed E-state index contributed by atoms with van der Waals surface area (Å²) in [4.78, 5) is 5.12. The average Bonchev–Trinajstić information content (AvgIpc) is 3.16. The largest absolute Gasteiger partial charge is 0.391 e. The van der Waals surface area contributed by atoms with E-state index in [0.29, 0.717) is 12.1 Å². The summed E-state index contributed by atoms with van der Waals surface area (Å²) < 4.78 is 0. The number of anilines is 2. The van der Waals surface area contributed by atoms with E-state index in [1.807, 2.05) is 12.1 Å². The molecule has 2 aliphatic rings. The topological polar surface area (TPSA) is 32.5 Å².